The number of fused-ring (bicyclic) bond motifs is 1. The first-order chi connectivity index (χ1) is 25.6. The fourth-order valence-corrected chi connectivity index (χ4v) is 8.82. The number of anilines is 2. The predicted octanol–water partition coefficient (Wildman–Crippen LogP) is 7.79. The maximum Gasteiger partial charge on any atom is 0.258 e. The lowest BCUT2D eigenvalue weighted by molar-refractivity contribution is -0.133. The zero-order chi connectivity index (χ0) is 37.2. The molecule has 9 nitrogen and oxygen atoms in total. The highest BCUT2D eigenvalue weighted by molar-refractivity contribution is 6.33. The lowest BCUT2D eigenvalue weighted by atomic mass is 9.85. The number of imide groups is 1. The first kappa shape index (κ1) is 37.2. The molecule has 2 amide bonds. The van der Waals surface area contributed by atoms with E-state index in [1.807, 2.05) is 30.3 Å². The number of amides is 2. The topological polar surface area (TPSA) is 95.9 Å². The highest BCUT2D eigenvalue weighted by Crippen LogP contribution is 2.38. The van der Waals surface area contributed by atoms with Gasteiger partial charge in [0, 0.05) is 66.5 Å². The molecule has 280 valence electrons. The van der Waals surface area contributed by atoms with E-state index >= 15 is 0 Å². The van der Waals surface area contributed by atoms with Gasteiger partial charge in [0.05, 0.1) is 17.8 Å². The Labute approximate surface area is 319 Å². The fourth-order valence-electron chi connectivity index (χ4n) is 8.25. The van der Waals surface area contributed by atoms with Gasteiger partial charge in [0.1, 0.15) is 17.6 Å². The van der Waals surface area contributed by atoms with E-state index in [0.29, 0.717) is 57.8 Å². The summed E-state index contributed by atoms with van der Waals surface area (Å²) in [6, 6.07) is 13.5. The number of carbonyl (C=O) groups excluding carboxylic acids is 2. The lowest BCUT2D eigenvalue weighted by Gasteiger charge is -2.36. The molecule has 12 heteroatoms. The summed E-state index contributed by atoms with van der Waals surface area (Å²) in [6.07, 6.45) is 9.61. The van der Waals surface area contributed by atoms with Crippen molar-refractivity contribution in [2.75, 3.05) is 43.5 Å². The van der Waals surface area contributed by atoms with Crippen LogP contribution < -0.4 is 25.8 Å². The van der Waals surface area contributed by atoms with Crippen molar-refractivity contribution in [3.63, 3.8) is 0 Å². The van der Waals surface area contributed by atoms with E-state index in [9.17, 15) is 18.8 Å². The number of hydrogen-bond donors (Lipinski definition) is 2. The number of pyridine rings is 1. The van der Waals surface area contributed by atoms with Crippen molar-refractivity contribution in [2.45, 2.75) is 64.0 Å². The number of hydrogen-bond acceptors (Lipinski definition) is 7. The Morgan fingerprint density at radius 1 is 0.868 bits per heavy atom. The number of ether oxygens (including phenoxy) is 1. The van der Waals surface area contributed by atoms with Gasteiger partial charge in [0.25, 0.3) is 5.56 Å². The summed E-state index contributed by atoms with van der Waals surface area (Å²) in [6.45, 7) is 4.63. The lowest BCUT2D eigenvalue weighted by Crippen LogP contribution is -2.47. The number of aryl methyl sites for hydroxylation is 1. The minimum absolute atomic E-state index is 0.181. The molecule has 0 radical (unpaired) electrons. The quantitative estimate of drug-likeness (QED) is 0.159. The maximum absolute atomic E-state index is 14.3. The van der Waals surface area contributed by atoms with Gasteiger partial charge in [-0.3, -0.25) is 24.6 Å². The van der Waals surface area contributed by atoms with E-state index in [1.165, 1.54) is 35.6 Å². The number of halogens is 3. The molecule has 4 heterocycles. The Balaban J connectivity index is 0.890. The summed E-state index contributed by atoms with van der Waals surface area (Å²) < 4.78 is 21.6. The molecule has 0 aliphatic carbocycles. The van der Waals surface area contributed by atoms with Crippen LogP contribution in [0.3, 0.4) is 0 Å². The second-order valence-corrected chi connectivity index (χ2v) is 15.6. The number of nitrogens with one attached hydrogen (secondary N) is 2. The van der Waals surface area contributed by atoms with Crippen LogP contribution in [0.25, 0.3) is 21.9 Å². The number of piperidine rings is 3. The SMILES string of the molecule is COc1cc(-c2cn(C)c(=O)c3ccc(F)cc23)cc(Cl)c1CN1CCC(CCC2CCN(c3ccc(NC4CCC(=O)NC4=O)cc3Cl)CC2)CC1. The van der Waals surface area contributed by atoms with Gasteiger partial charge in [-0.2, -0.15) is 0 Å². The van der Waals surface area contributed by atoms with Crippen LogP contribution in [-0.2, 0) is 23.2 Å². The third kappa shape index (κ3) is 8.35. The third-order valence-electron chi connectivity index (χ3n) is 11.4. The Hall–Kier alpha value is -4.12. The van der Waals surface area contributed by atoms with Gasteiger partial charge < -0.3 is 19.5 Å². The minimum Gasteiger partial charge on any atom is -0.496 e. The maximum atomic E-state index is 14.3. The van der Waals surface area contributed by atoms with Gasteiger partial charge >= 0.3 is 0 Å². The molecule has 1 unspecified atom stereocenters. The Bertz CT molecular complexity index is 2070. The van der Waals surface area contributed by atoms with Gasteiger partial charge in [-0.25, -0.2) is 4.39 Å². The van der Waals surface area contributed by atoms with Gasteiger partial charge in [-0.15, -0.1) is 0 Å². The molecule has 3 aromatic carbocycles. The van der Waals surface area contributed by atoms with Crippen molar-refractivity contribution >= 4 is 57.2 Å². The van der Waals surface area contributed by atoms with Crippen molar-refractivity contribution in [1.29, 1.82) is 0 Å². The number of carbonyl (C=O) groups is 2. The Morgan fingerprint density at radius 3 is 2.26 bits per heavy atom. The van der Waals surface area contributed by atoms with Gasteiger partial charge in [0.2, 0.25) is 11.8 Å². The van der Waals surface area contributed by atoms with Crippen LogP contribution in [-0.4, -0.2) is 60.6 Å². The largest absolute Gasteiger partial charge is 0.496 e. The third-order valence-corrected chi connectivity index (χ3v) is 12.0. The number of methoxy groups -OCH3 is 1. The molecule has 53 heavy (non-hydrogen) atoms. The average molecular weight is 763 g/mol. The number of rotatable bonds is 10. The Morgan fingerprint density at radius 2 is 1.58 bits per heavy atom. The molecule has 0 saturated carbocycles. The second-order valence-electron chi connectivity index (χ2n) is 14.8. The first-order valence-corrected chi connectivity index (χ1v) is 19.3. The smallest absolute Gasteiger partial charge is 0.258 e. The van der Waals surface area contributed by atoms with Crippen molar-refractivity contribution in [2.24, 2.45) is 18.9 Å². The molecule has 1 aromatic heterocycles. The summed E-state index contributed by atoms with van der Waals surface area (Å²) >= 11 is 13.6. The monoisotopic (exact) mass is 761 g/mol. The molecule has 3 fully saturated rings. The summed E-state index contributed by atoms with van der Waals surface area (Å²) in [5.41, 5.74) is 4.04. The van der Waals surface area contributed by atoms with E-state index in [4.69, 9.17) is 27.9 Å². The van der Waals surface area contributed by atoms with Crippen LogP contribution in [0.4, 0.5) is 15.8 Å². The molecule has 7 rings (SSSR count). The van der Waals surface area contributed by atoms with Crippen molar-refractivity contribution in [3.8, 4) is 16.9 Å². The summed E-state index contributed by atoms with van der Waals surface area (Å²) in [7, 11) is 3.34. The van der Waals surface area contributed by atoms with E-state index in [-0.39, 0.29) is 17.4 Å². The van der Waals surface area contributed by atoms with Crippen LogP contribution in [0.2, 0.25) is 10.0 Å². The molecular weight excluding hydrogens is 716 g/mol. The number of aromatic nitrogens is 1. The van der Waals surface area contributed by atoms with Crippen LogP contribution in [0.5, 0.6) is 5.75 Å². The minimum atomic E-state index is -0.436. The van der Waals surface area contributed by atoms with Crippen LogP contribution in [0.15, 0.2) is 59.5 Å². The van der Waals surface area contributed by atoms with E-state index in [2.05, 4.69) is 20.4 Å². The molecular formula is C41H46Cl2FN5O4. The van der Waals surface area contributed by atoms with Crippen LogP contribution in [0.1, 0.15) is 56.9 Å². The van der Waals surface area contributed by atoms with Gasteiger partial charge in [0.15, 0.2) is 0 Å². The summed E-state index contributed by atoms with van der Waals surface area (Å²) in [5.74, 6) is 1.18. The van der Waals surface area contributed by atoms with Crippen LogP contribution in [0, 0.1) is 17.7 Å². The van der Waals surface area contributed by atoms with E-state index < -0.39 is 11.9 Å². The molecule has 2 N–H and O–H groups in total. The first-order valence-electron chi connectivity index (χ1n) is 18.6. The zero-order valence-electron chi connectivity index (χ0n) is 30.2. The van der Waals surface area contributed by atoms with Crippen molar-refractivity contribution in [1.82, 2.24) is 14.8 Å². The highest BCUT2D eigenvalue weighted by Gasteiger charge is 2.28. The number of nitrogens with zero attached hydrogens (tertiary/aromatic N) is 3. The molecule has 3 aliphatic rings. The fraction of sp³-hybridized carbons (Fsp3) is 0.439. The van der Waals surface area contributed by atoms with E-state index in [1.54, 1.807) is 20.4 Å². The van der Waals surface area contributed by atoms with Gasteiger partial charge in [-0.1, -0.05) is 36.0 Å². The zero-order valence-corrected chi connectivity index (χ0v) is 31.7. The molecule has 3 aliphatic heterocycles. The summed E-state index contributed by atoms with van der Waals surface area (Å²) in [5, 5.41) is 7.85. The molecule has 3 saturated heterocycles. The van der Waals surface area contributed by atoms with Gasteiger partial charge in [-0.05, 0) is 117 Å². The standard InChI is InChI=1S/C41H46Cl2FN5O4/c1-47-23-32(31-21-28(44)5-7-30(31)41(47)52)27-19-34(42)33(38(20-27)53-2)24-48-15-11-25(12-16-48)3-4-26-13-17-49(18-14-26)37-9-6-29(22-35(37)43)45-36-8-10-39(50)46-40(36)51/h5-7,9,19-23,25-26,36,45H,3-4,8,10-18,24H2,1-2H3,(H,46,50,51). The molecule has 0 spiro atoms. The average Bonchev–Trinajstić information content (AvgIpc) is 3.15. The number of likely N-dealkylation sites (tertiary alicyclic amines) is 1. The van der Waals surface area contributed by atoms with E-state index in [0.717, 1.165) is 79.9 Å². The molecule has 4 aromatic rings. The second kappa shape index (κ2) is 16.1. The van der Waals surface area contributed by atoms with Crippen molar-refractivity contribution < 1.29 is 18.7 Å². The Kier molecular flexibility index (Phi) is 11.3. The highest BCUT2D eigenvalue weighted by atomic mass is 35.5. The summed E-state index contributed by atoms with van der Waals surface area (Å²) in [4.78, 5) is 41.2. The predicted molar refractivity (Wildman–Crippen MR) is 210 cm³/mol. The van der Waals surface area contributed by atoms with Crippen molar-refractivity contribution in [3.05, 3.63) is 86.5 Å². The van der Waals surface area contributed by atoms with Crippen LogP contribution >= 0.6 is 23.2 Å². The molecule has 0 bridgehead atoms. The molecule has 1 atom stereocenters. The number of benzene rings is 3. The normalized spacial score (nSPS) is 19.1.